The zero-order valence-electron chi connectivity index (χ0n) is 15.1. The van der Waals surface area contributed by atoms with Crippen LogP contribution in [0.5, 0.6) is 0 Å². The second kappa shape index (κ2) is 7.68. The molecular formula is C18H14N8O3. The molecule has 0 aliphatic carbocycles. The molecule has 0 spiro atoms. The fourth-order valence-corrected chi connectivity index (χ4v) is 2.49. The molecule has 0 bridgehead atoms. The van der Waals surface area contributed by atoms with Gasteiger partial charge < -0.3 is 5.32 Å². The first-order valence-electron chi connectivity index (χ1n) is 8.46. The Labute approximate surface area is 163 Å². The van der Waals surface area contributed by atoms with Crippen molar-refractivity contribution >= 4 is 40.5 Å². The van der Waals surface area contributed by atoms with Gasteiger partial charge in [-0.15, -0.1) is 0 Å². The number of nitrogens with one attached hydrogen (secondary N) is 2. The number of hydrazone groups is 1. The average molecular weight is 390 g/mol. The SMILES string of the molecule is Cc1ccccc1Nc1nc2nonc2nc1N/N=C/c1ccc([N+](=O)[O-])cc1. The molecule has 2 heterocycles. The van der Waals surface area contributed by atoms with Gasteiger partial charge >= 0.3 is 0 Å². The molecule has 144 valence electrons. The number of anilines is 3. The highest BCUT2D eigenvalue weighted by Crippen LogP contribution is 2.25. The number of aryl methyl sites for hydroxylation is 1. The predicted molar refractivity (Wildman–Crippen MR) is 106 cm³/mol. The van der Waals surface area contributed by atoms with E-state index in [2.05, 4.69) is 40.8 Å². The van der Waals surface area contributed by atoms with Crippen molar-refractivity contribution in [3.8, 4) is 0 Å². The molecule has 0 fully saturated rings. The lowest BCUT2D eigenvalue weighted by molar-refractivity contribution is -0.384. The molecule has 29 heavy (non-hydrogen) atoms. The third kappa shape index (κ3) is 3.98. The van der Waals surface area contributed by atoms with Gasteiger partial charge in [0.05, 0.1) is 11.1 Å². The molecule has 0 atom stereocenters. The Balaban J connectivity index is 1.60. The van der Waals surface area contributed by atoms with E-state index >= 15 is 0 Å². The first-order valence-corrected chi connectivity index (χ1v) is 8.46. The zero-order valence-corrected chi connectivity index (χ0v) is 15.1. The van der Waals surface area contributed by atoms with Crippen LogP contribution in [0.1, 0.15) is 11.1 Å². The molecule has 0 aliphatic heterocycles. The molecule has 0 saturated carbocycles. The lowest BCUT2D eigenvalue weighted by Gasteiger charge is -2.11. The van der Waals surface area contributed by atoms with E-state index in [9.17, 15) is 10.1 Å². The van der Waals surface area contributed by atoms with Gasteiger partial charge in [-0.1, -0.05) is 18.2 Å². The van der Waals surface area contributed by atoms with Crippen molar-refractivity contribution in [1.82, 2.24) is 20.3 Å². The van der Waals surface area contributed by atoms with Crippen molar-refractivity contribution in [1.29, 1.82) is 0 Å². The molecule has 4 aromatic rings. The quantitative estimate of drug-likeness (QED) is 0.287. The van der Waals surface area contributed by atoms with E-state index in [1.165, 1.54) is 18.3 Å². The summed E-state index contributed by atoms with van der Waals surface area (Å²) >= 11 is 0. The van der Waals surface area contributed by atoms with Gasteiger partial charge in [0.1, 0.15) is 0 Å². The average Bonchev–Trinajstić information content (AvgIpc) is 3.17. The van der Waals surface area contributed by atoms with Crippen molar-refractivity contribution in [3.63, 3.8) is 0 Å². The summed E-state index contributed by atoms with van der Waals surface area (Å²) in [6.07, 6.45) is 1.51. The van der Waals surface area contributed by atoms with Gasteiger partial charge in [0.15, 0.2) is 11.6 Å². The van der Waals surface area contributed by atoms with Crippen molar-refractivity contribution < 1.29 is 9.55 Å². The first kappa shape index (κ1) is 18.0. The number of nitro groups is 1. The summed E-state index contributed by atoms with van der Waals surface area (Å²) < 4.78 is 4.68. The number of para-hydroxylation sites is 1. The van der Waals surface area contributed by atoms with Gasteiger partial charge in [-0.25, -0.2) is 9.61 Å². The maximum Gasteiger partial charge on any atom is 0.269 e. The summed E-state index contributed by atoms with van der Waals surface area (Å²) in [6, 6.07) is 13.7. The van der Waals surface area contributed by atoms with Crippen LogP contribution in [0.2, 0.25) is 0 Å². The molecule has 0 aliphatic rings. The standard InChI is InChI=1S/C18H14N8O3/c1-11-4-2-3-5-14(11)20-15-16(22-18-17(21-15)24-29-25-18)23-19-10-12-6-8-13(9-7-12)26(27)28/h2-10H,1H3,(H,20,21,24)(H,22,23,25)/b19-10+. The molecular weight excluding hydrogens is 376 g/mol. The van der Waals surface area contributed by atoms with Crippen LogP contribution in [0.3, 0.4) is 0 Å². The van der Waals surface area contributed by atoms with E-state index in [-0.39, 0.29) is 17.0 Å². The highest BCUT2D eigenvalue weighted by Gasteiger charge is 2.13. The lowest BCUT2D eigenvalue weighted by atomic mass is 10.2. The largest absolute Gasteiger partial charge is 0.337 e. The Bertz CT molecular complexity index is 1200. The maximum atomic E-state index is 10.7. The Morgan fingerprint density at radius 3 is 2.41 bits per heavy atom. The zero-order chi connectivity index (χ0) is 20.2. The van der Waals surface area contributed by atoms with Crippen LogP contribution in [-0.2, 0) is 0 Å². The molecule has 0 amide bonds. The Morgan fingerprint density at radius 2 is 1.72 bits per heavy atom. The van der Waals surface area contributed by atoms with Crippen LogP contribution in [0, 0.1) is 17.0 Å². The summed E-state index contributed by atoms with van der Waals surface area (Å²) in [5, 5.41) is 25.5. The van der Waals surface area contributed by atoms with Crippen molar-refractivity contribution in [2.24, 2.45) is 5.10 Å². The van der Waals surface area contributed by atoms with Gasteiger partial charge in [0.25, 0.3) is 5.69 Å². The number of fused-ring (bicyclic) bond motifs is 1. The van der Waals surface area contributed by atoms with Crippen LogP contribution in [-0.4, -0.2) is 31.4 Å². The van der Waals surface area contributed by atoms with Crippen molar-refractivity contribution in [2.75, 3.05) is 10.7 Å². The first-order chi connectivity index (χ1) is 14.1. The van der Waals surface area contributed by atoms with Crippen LogP contribution in [0.25, 0.3) is 11.3 Å². The van der Waals surface area contributed by atoms with E-state index in [1.54, 1.807) is 12.1 Å². The number of aromatic nitrogens is 4. The van der Waals surface area contributed by atoms with Crippen LogP contribution < -0.4 is 10.7 Å². The summed E-state index contributed by atoms with van der Waals surface area (Å²) in [5.74, 6) is 0.706. The number of rotatable bonds is 6. The Kier molecular flexibility index (Phi) is 4.76. The molecule has 2 aromatic carbocycles. The molecule has 0 saturated heterocycles. The smallest absolute Gasteiger partial charge is 0.269 e. The van der Waals surface area contributed by atoms with Crippen molar-refractivity contribution in [3.05, 3.63) is 69.8 Å². The highest BCUT2D eigenvalue weighted by atomic mass is 16.6. The van der Waals surface area contributed by atoms with Crippen molar-refractivity contribution in [2.45, 2.75) is 6.92 Å². The Hall–Kier alpha value is -4.41. The topological polar surface area (TPSA) is 144 Å². The minimum atomic E-state index is -0.459. The van der Waals surface area contributed by atoms with E-state index in [0.717, 1.165) is 11.3 Å². The van der Waals surface area contributed by atoms with E-state index < -0.39 is 4.92 Å². The molecule has 11 nitrogen and oxygen atoms in total. The third-order valence-electron chi connectivity index (χ3n) is 4.00. The third-order valence-corrected chi connectivity index (χ3v) is 4.00. The van der Waals surface area contributed by atoms with Gasteiger partial charge in [0, 0.05) is 17.8 Å². The van der Waals surface area contributed by atoms with Crippen LogP contribution in [0.15, 0.2) is 58.3 Å². The van der Waals surface area contributed by atoms with Gasteiger partial charge in [0.2, 0.25) is 11.3 Å². The Morgan fingerprint density at radius 1 is 1.03 bits per heavy atom. The summed E-state index contributed by atoms with van der Waals surface area (Å²) in [6.45, 7) is 1.96. The van der Waals surface area contributed by atoms with Crippen LogP contribution in [0.4, 0.5) is 23.0 Å². The second-order valence-electron chi connectivity index (χ2n) is 5.99. The molecule has 0 unspecified atom stereocenters. The highest BCUT2D eigenvalue weighted by molar-refractivity contribution is 5.82. The maximum absolute atomic E-state index is 10.7. The van der Waals surface area contributed by atoms with Gasteiger partial charge in [-0.3, -0.25) is 15.5 Å². The normalized spacial score (nSPS) is 11.1. The van der Waals surface area contributed by atoms with E-state index in [4.69, 9.17) is 0 Å². The number of non-ortho nitro benzene ring substituents is 1. The minimum Gasteiger partial charge on any atom is -0.337 e. The molecule has 11 heteroatoms. The van der Waals surface area contributed by atoms with E-state index in [0.29, 0.717) is 17.2 Å². The predicted octanol–water partition coefficient (Wildman–Crippen LogP) is 3.42. The molecule has 4 rings (SSSR count). The van der Waals surface area contributed by atoms with Gasteiger partial charge in [-0.2, -0.15) is 10.1 Å². The molecule has 2 aromatic heterocycles. The number of hydrogen-bond acceptors (Lipinski definition) is 10. The summed E-state index contributed by atoms with van der Waals surface area (Å²) in [5.41, 5.74) is 5.85. The lowest BCUT2D eigenvalue weighted by Crippen LogP contribution is -2.04. The number of benzene rings is 2. The summed E-state index contributed by atoms with van der Waals surface area (Å²) in [4.78, 5) is 19.0. The monoisotopic (exact) mass is 390 g/mol. The van der Waals surface area contributed by atoms with E-state index in [1.807, 2.05) is 31.2 Å². The van der Waals surface area contributed by atoms with Crippen LogP contribution >= 0.6 is 0 Å². The number of nitro benzene ring substituents is 1. The number of nitrogens with zero attached hydrogens (tertiary/aromatic N) is 6. The molecule has 0 radical (unpaired) electrons. The number of hydrogen-bond donors (Lipinski definition) is 2. The second-order valence-corrected chi connectivity index (χ2v) is 5.99. The molecule has 2 N–H and O–H groups in total. The van der Waals surface area contributed by atoms with Gasteiger partial charge in [-0.05, 0) is 46.6 Å². The summed E-state index contributed by atoms with van der Waals surface area (Å²) in [7, 11) is 0. The fourth-order valence-electron chi connectivity index (χ4n) is 2.49. The minimum absolute atomic E-state index is 0.00896. The fraction of sp³-hybridized carbons (Fsp3) is 0.0556.